The van der Waals surface area contributed by atoms with Crippen molar-refractivity contribution in [2.75, 3.05) is 45.8 Å². The Kier molecular flexibility index (Phi) is 6.86. The zero-order valence-electron chi connectivity index (χ0n) is 16.5. The minimum Gasteiger partial charge on any atom is -0.493 e. The Morgan fingerprint density at radius 1 is 1.03 bits per heavy atom. The molecule has 0 aliphatic carbocycles. The van der Waals surface area contributed by atoms with E-state index < -0.39 is 0 Å². The van der Waals surface area contributed by atoms with E-state index in [0.717, 1.165) is 5.56 Å². The zero-order valence-corrected chi connectivity index (χ0v) is 16.5. The summed E-state index contributed by atoms with van der Waals surface area (Å²) in [5.74, 6) is 0.747. The molecule has 1 heterocycles. The van der Waals surface area contributed by atoms with Gasteiger partial charge in [-0.25, -0.2) is 0 Å². The molecule has 0 radical (unpaired) electrons. The van der Waals surface area contributed by atoms with Crippen molar-refractivity contribution in [3.8, 4) is 11.5 Å². The lowest BCUT2D eigenvalue weighted by atomic mass is 10.1. The summed E-state index contributed by atoms with van der Waals surface area (Å²) in [5, 5.41) is 2.79. The summed E-state index contributed by atoms with van der Waals surface area (Å²) in [6.45, 7) is 2.13. The molecule has 1 fully saturated rings. The largest absolute Gasteiger partial charge is 0.493 e. The van der Waals surface area contributed by atoms with Crippen molar-refractivity contribution >= 4 is 23.6 Å². The molecular weight excluding hydrogens is 372 g/mol. The molecule has 2 aromatic carbocycles. The Morgan fingerprint density at radius 3 is 2.48 bits per heavy atom. The van der Waals surface area contributed by atoms with Gasteiger partial charge in [-0.15, -0.1) is 0 Å². The molecule has 2 aromatic rings. The molecule has 1 aliphatic heterocycles. The van der Waals surface area contributed by atoms with Crippen molar-refractivity contribution in [3.63, 3.8) is 0 Å². The molecule has 3 rings (SSSR count). The topological polar surface area (TPSA) is 77.1 Å². The van der Waals surface area contributed by atoms with E-state index in [1.165, 1.54) is 6.08 Å². The first-order valence-corrected chi connectivity index (χ1v) is 9.29. The summed E-state index contributed by atoms with van der Waals surface area (Å²) < 4.78 is 15.8. The third-order valence-electron chi connectivity index (χ3n) is 4.55. The normalized spacial score (nSPS) is 13.9. The summed E-state index contributed by atoms with van der Waals surface area (Å²) in [6, 6.07) is 12.4. The van der Waals surface area contributed by atoms with Gasteiger partial charge in [0.1, 0.15) is 0 Å². The first-order valence-electron chi connectivity index (χ1n) is 9.29. The van der Waals surface area contributed by atoms with Crippen LogP contribution in [-0.4, -0.2) is 57.2 Å². The Balaban J connectivity index is 1.71. The Morgan fingerprint density at radius 2 is 1.76 bits per heavy atom. The van der Waals surface area contributed by atoms with Crippen molar-refractivity contribution < 1.29 is 23.8 Å². The van der Waals surface area contributed by atoms with Crippen LogP contribution in [0.2, 0.25) is 0 Å². The molecule has 0 atom stereocenters. The van der Waals surface area contributed by atoms with Crippen LogP contribution in [-0.2, 0) is 9.53 Å². The van der Waals surface area contributed by atoms with Gasteiger partial charge in [-0.05, 0) is 35.9 Å². The van der Waals surface area contributed by atoms with Crippen LogP contribution in [0.25, 0.3) is 6.08 Å². The highest BCUT2D eigenvalue weighted by atomic mass is 16.5. The van der Waals surface area contributed by atoms with E-state index in [4.69, 9.17) is 14.2 Å². The van der Waals surface area contributed by atoms with E-state index >= 15 is 0 Å². The van der Waals surface area contributed by atoms with E-state index in [2.05, 4.69) is 5.32 Å². The molecule has 2 amide bonds. The van der Waals surface area contributed by atoms with E-state index in [0.29, 0.717) is 49.1 Å². The van der Waals surface area contributed by atoms with Crippen LogP contribution in [0, 0.1) is 0 Å². The van der Waals surface area contributed by atoms with Gasteiger partial charge in [-0.3, -0.25) is 9.59 Å². The quantitative estimate of drug-likeness (QED) is 0.760. The van der Waals surface area contributed by atoms with Crippen LogP contribution in [0.3, 0.4) is 0 Å². The highest BCUT2D eigenvalue weighted by Crippen LogP contribution is 2.28. The molecule has 29 heavy (non-hydrogen) atoms. The lowest BCUT2D eigenvalue weighted by Crippen LogP contribution is -2.41. The number of hydrogen-bond acceptors (Lipinski definition) is 5. The number of benzene rings is 2. The monoisotopic (exact) mass is 396 g/mol. The van der Waals surface area contributed by atoms with E-state index in [9.17, 15) is 9.59 Å². The van der Waals surface area contributed by atoms with Gasteiger partial charge in [0.25, 0.3) is 5.91 Å². The average Bonchev–Trinajstić information content (AvgIpc) is 2.78. The maximum atomic E-state index is 12.8. The number of nitrogens with zero attached hydrogens (tertiary/aromatic N) is 1. The van der Waals surface area contributed by atoms with Crippen LogP contribution >= 0.6 is 0 Å². The SMILES string of the molecule is COc1ccc(/C=C/C(=O)Nc2ccccc2C(=O)N2CCOCC2)cc1OC. The first-order chi connectivity index (χ1) is 14.1. The second-order valence-electron chi connectivity index (χ2n) is 6.39. The van der Waals surface area contributed by atoms with Gasteiger partial charge in [-0.2, -0.15) is 0 Å². The summed E-state index contributed by atoms with van der Waals surface area (Å²) in [5.41, 5.74) is 1.73. The van der Waals surface area contributed by atoms with Crippen molar-refractivity contribution in [1.29, 1.82) is 0 Å². The molecule has 0 unspecified atom stereocenters. The molecule has 1 N–H and O–H groups in total. The smallest absolute Gasteiger partial charge is 0.256 e. The molecule has 0 aromatic heterocycles. The molecule has 1 aliphatic rings. The standard InChI is InChI=1S/C22H24N2O5/c1-27-19-9-7-16(15-20(19)28-2)8-10-21(25)23-18-6-4-3-5-17(18)22(26)24-11-13-29-14-12-24/h3-10,15H,11-14H2,1-2H3,(H,23,25)/b10-8+. The van der Waals surface area contributed by atoms with E-state index in [1.807, 2.05) is 6.07 Å². The molecule has 0 bridgehead atoms. The van der Waals surface area contributed by atoms with E-state index in [-0.39, 0.29) is 11.8 Å². The van der Waals surface area contributed by atoms with Gasteiger partial charge in [0.05, 0.1) is 38.7 Å². The number of para-hydroxylation sites is 1. The molecule has 7 heteroatoms. The maximum Gasteiger partial charge on any atom is 0.256 e. The second-order valence-corrected chi connectivity index (χ2v) is 6.39. The highest BCUT2D eigenvalue weighted by Gasteiger charge is 2.21. The van der Waals surface area contributed by atoms with Crippen LogP contribution in [0.4, 0.5) is 5.69 Å². The number of amides is 2. The predicted octanol–water partition coefficient (Wildman–Crippen LogP) is 2.83. The fourth-order valence-corrected chi connectivity index (χ4v) is 3.02. The average molecular weight is 396 g/mol. The zero-order chi connectivity index (χ0) is 20.6. The predicted molar refractivity (Wildman–Crippen MR) is 110 cm³/mol. The minimum absolute atomic E-state index is 0.118. The molecule has 152 valence electrons. The number of ether oxygens (including phenoxy) is 3. The van der Waals surface area contributed by atoms with Gasteiger partial charge in [0, 0.05) is 19.2 Å². The maximum absolute atomic E-state index is 12.8. The molecule has 0 saturated carbocycles. The fraction of sp³-hybridized carbons (Fsp3) is 0.273. The lowest BCUT2D eigenvalue weighted by Gasteiger charge is -2.27. The highest BCUT2D eigenvalue weighted by molar-refractivity contribution is 6.07. The molecule has 1 saturated heterocycles. The summed E-state index contributed by atoms with van der Waals surface area (Å²) in [7, 11) is 3.12. The second kappa shape index (κ2) is 9.75. The van der Waals surface area contributed by atoms with Gasteiger partial charge in [0.2, 0.25) is 5.91 Å². The number of carbonyl (C=O) groups excluding carboxylic acids is 2. The van der Waals surface area contributed by atoms with Crippen molar-refractivity contribution in [3.05, 3.63) is 59.7 Å². The van der Waals surface area contributed by atoms with Gasteiger partial charge in [-0.1, -0.05) is 18.2 Å². The third-order valence-corrected chi connectivity index (χ3v) is 4.55. The van der Waals surface area contributed by atoms with E-state index in [1.54, 1.807) is 61.6 Å². The van der Waals surface area contributed by atoms with Crippen molar-refractivity contribution in [1.82, 2.24) is 4.90 Å². The Hall–Kier alpha value is -3.32. The lowest BCUT2D eigenvalue weighted by molar-refractivity contribution is -0.111. The molecular formula is C22H24N2O5. The van der Waals surface area contributed by atoms with Crippen LogP contribution < -0.4 is 14.8 Å². The first kappa shape index (κ1) is 20.4. The number of nitrogens with one attached hydrogen (secondary N) is 1. The number of anilines is 1. The number of carbonyl (C=O) groups is 2. The molecule has 0 spiro atoms. The third kappa shape index (κ3) is 5.14. The number of morpholine rings is 1. The molecule has 7 nitrogen and oxygen atoms in total. The van der Waals surface area contributed by atoms with Gasteiger partial charge < -0.3 is 24.4 Å². The summed E-state index contributed by atoms with van der Waals surface area (Å²) >= 11 is 0. The Bertz CT molecular complexity index is 904. The van der Waals surface area contributed by atoms with Crippen molar-refractivity contribution in [2.45, 2.75) is 0 Å². The number of methoxy groups -OCH3 is 2. The van der Waals surface area contributed by atoms with Gasteiger partial charge >= 0.3 is 0 Å². The van der Waals surface area contributed by atoms with Crippen LogP contribution in [0.5, 0.6) is 11.5 Å². The van der Waals surface area contributed by atoms with Crippen molar-refractivity contribution in [2.24, 2.45) is 0 Å². The van der Waals surface area contributed by atoms with Crippen LogP contribution in [0.1, 0.15) is 15.9 Å². The Labute approximate surface area is 169 Å². The fourth-order valence-electron chi connectivity index (χ4n) is 3.02. The number of hydrogen-bond donors (Lipinski definition) is 1. The van der Waals surface area contributed by atoms with Gasteiger partial charge in [0.15, 0.2) is 11.5 Å². The van der Waals surface area contributed by atoms with Crippen LogP contribution in [0.15, 0.2) is 48.5 Å². The minimum atomic E-state index is -0.331. The number of rotatable bonds is 6. The summed E-state index contributed by atoms with van der Waals surface area (Å²) in [6.07, 6.45) is 3.08. The summed E-state index contributed by atoms with van der Waals surface area (Å²) in [4.78, 5) is 26.9.